The fraction of sp³-hybridized carbons (Fsp3) is 0.304. The molecule has 3 aromatic rings. The van der Waals surface area contributed by atoms with Gasteiger partial charge in [0.25, 0.3) is 0 Å². The van der Waals surface area contributed by atoms with Crippen LogP contribution in [0.15, 0.2) is 59.0 Å². The summed E-state index contributed by atoms with van der Waals surface area (Å²) in [6, 6.07) is 17.8. The summed E-state index contributed by atoms with van der Waals surface area (Å²) in [6.07, 6.45) is 4.61. The minimum absolute atomic E-state index is 0.339. The second-order valence-corrected chi connectivity index (χ2v) is 6.80. The Morgan fingerprint density at radius 1 is 1.03 bits per heavy atom. The van der Waals surface area contributed by atoms with Gasteiger partial charge in [-0.1, -0.05) is 55.3 Å². The van der Waals surface area contributed by atoms with Crippen molar-refractivity contribution in [2.75, 3.05) is 7.11 Å². The minimum atomic E-state index is -0.341. The number of para-hydroxylation sites is 1. The third kappa shape index (κ3) is 5.45. The number of hydroxylamine groups is 1. The van der Waals surface area contributed by atoms with Crippen LogP contribution in [0, 0.1) is 0 Å². The summed E-state index contributed by atoms with van der Waals surface area (Å²) in [6.45, 7) is 0. The van der Waals surface area contributed by atoms with Gasteiger partial charge in [-0.15, -0.1) is 0 Å². The molecule has 29 heavy (non-hydrogen) atoms. The van der Waals surface area contributed by atoms with Gasteiger partial charge in [0.15, 0.2) is 11.7 Å². The van der Waals surface area contributed by atoms with Crippen LogP contribution in [0.25, 0.3) is 22.6 Å². The highest BCUT2D eigenvalue weighted by molar-refractivity contribution is 5.80. The van der Waals surface area contributed by atoms with Gasteiger partial charge in [0.05, 0.1) is 12.7 Å². The van der Waals surface area contributed by atoms with Crippen molar-refractivity contribution in [3.05, 3.63) is 60.5 Å². The summed E-state index contributed by atoms with van der Waals surface area (Å²) in [5.41, 5.74) is 4.34. The number of ether oxygens (including phenoxy) is 1. The van der Waals surface area contributed by atoms with Gasteiger partial charge in [-0.2, -0.15) is 0 Å². The molecule has 0 bridgehead atoms. The van der Waals surface area contributed by atoms with E-state index in [1.165, 1.54) is 0 Å². The number of benzene rings is 2. The Labute approximate surface area is 170 Å². The molecule has 0 aliphatic carbocycles. The summed E-state index contributed by atoms with van der Waals surface area (Å²) in [5.74, 6) is 1.81. The molecule has 0 spiro atoms. The highest BCUT2D eigenvalue weighted by Crippen LogP contribution is 2.37. The molecule has 6 heteroatoms. The van der Waals surface area contributed by atoms with E-state index in [0.29, 0.717) is 18.1 Å². The third-order valence-electron chi connectivity index (χ3n) is 4.74. The molecule has 6 nitrogen and oxygen atoms in total. The molecular weight excluding hydrogens is 368 g/mol. The van der Waals surface area contributed by atoms with Crippen LogP contribution < -0.4 is 10.2 Å². The monoisotopic (exact) mass is 394 g/mol. The molecule has 1 amide bonds. The molecule has 0 fully saturated rings. The van der Waals surface area contributed by atoms with Gasteiger partial charge in [0.2, 0.25) is 5.91 Å². The molecule has 0 saturated carbocycles. The SMILES string of the molecule is COc1ccccc1-c1oc(CCCCCCC(=O)NO)nc1-c1ccccc1. The number of rotatable bonds is 10. The Balaban J connectivity index is 1.74. The molecule has 2 aromatic carbocycles. The Morgan fingerprint density at radius 2 is 1.76 bits per heavy atom. The summed E-state index contributed by atoms with van der Waals surface area (Å²) in [5, 5.41) is 8.51. The Morgan fingerprint density at radius 3 is 2.52 bits per heavy atom. The van der Waals surface area contributed by atoms with Crippen molar-refractivity contribution < 1.29 is 19.2 Å². The first-order valence-corrected chi connectivity index (χ1v) is 9.84. The van der Waals surface area contributed by atoms with Gasteiger partial charge in [-0.25, -0.2) is 10.5 Å². The highest BCUT2D eigenvalue weighted by Gasteiger charge is 2.19. The fourth-order valence-corrected chi connectivity index (χ4v) is 3.25. The van der Waals surface area contributed by atoms with E-state index in [0.717, 1.165) is 54.7 Å². The number of hydrogen-bond acceptors (Lipinski definition) is 5. The van der Waals surface area contributed by atoms with E-state index >= 15 is 0 Å². The number of aryl methyl sites for hydroxylation is 1. The number of aromatic nitrogens is 1. The molecule has 0 aliphatic rings. The summed E-state index contributed by atoms with van der Waals surface area (Å²) in [4.78, 5) is 15.8. The molecule has 2 N–H and O–H groups in total. The number of nitrogens with one attached hydrogen (secondary N) is 1. The zero-order valence-electron chi connectivity index (χ0n) is 16.6. The van der Waals surface area contributed by atoms with E-state index in [2.05, 4.69) is 0 Å². The Hall–Kier alpha value is -3.12. The smallest absolute Gasteiger partial charge is 0.243 e. The largest absolute Gasteiger partial charge is 0.496 e. The first-order chi connectivity index (χ1) is 14.2. The van der Waals surface area contributed by atoms with Crippen molar-refractivity contribution in [1.82, 2.24) is 10.5 Å². The van der Waals surface area contributed by atoms with Crippen molar-refractivity contribution in [3.8, 4) is 28.3 Å². The van der Waals surface area contributed by atoms with Crippen molar-refractivity contribution in [1.29, 1.82) is 0 Å². The predicted octanol–water partition coefficient (Wildman–Crippen LogP) is 5.02. The lowest BCUT2D eigenvalue weighted by Gasteiger charge is -2.07. The van der Waals surface area contributed by atoms with Gasteiger partial charge in [0.1, 0.15) is 11.4 Å². The molecule has 1 heterocycles. The van der Waals surface area contributed by atoms with Crippen LogP contribution in [0.2, 0.25) is 0 Å². The number of amides is 1. The minimum Gasteiger partial charge on any atom is -0.496 e. The normalized spacial score (nSPS) is 10.7. The average Bonchev–Trinajstić information content (AvgIpc) is 3.20. The summed E-state index contributed by atoms with van der Waals surface area (Å²) >= 11 is 0. The third-order valence-corrected chi connectivity index (χ3v) is 4.74. The Kier molecular flexibility index (Phi) is 7.41. The second kappa shape index (κ2) is 10.4. The van der Waals surface area contributed by atoms with Gasteiger partial charge in [-0.05, 0) is 25.0 Å². The number of nitrogens with zero attached hydrogens (tertiary/aromatic N) is 1. The predicted molar refractivity (Wildman–Crippen MR) is 111 cm³/mol. The van der Waals surface area contributed by atoms with Gasteiger partial charge in [0, 0.05) is 18.4 Å². The van der Waals surface area contributed by atoms with Crippen LogP contribution in [-0.4, -0.2) is 23.2 Å². The zero-order valence-corrected chi connectivity index (χ0v) is 16.6. The molecule has 3 rings (SSSR count). The van der Waals surface area contributed by atoms with E-state index in [-0.39, 0.29) is 5.91 Å². The quantitative estimate of drug-likeness (QED) is 0.287. The number of hydrogen-bond donors (Lipinski definition) is 2. The second-order valence-electron chi connectivity index (χ2n) is 6.80. The molecular formula is C23H26N2O4. The number of methoxy groups -OCH3 is 1. The van der Waals surface area contributed by atoms with E-state index in [4.69, 9.17) is 19.3 Å². The van der Waals surface area contributed by atoms with Gasteiger partial charge < -0.3 is 9.15 Å². The lowest BCUT2D eigenvalue weighted by Crippen LogP contribution is -2.17. The highest BCUT2D eigenvalue weighted by atomic mass is 16.5. The van der Waals surface area contributed by atoms with Crippen molar-refractivity contribution in [3.63, 3.8) is 0 Å². The lowest BCUT2D eigenvalue weighted by molar-refractivity contribution is -0.129. The molecule has 0 unspecified atom stereocenters. The maximum atomic E-state index is 11.0. The van der Waals surface area contributed by atoms with Crippen LogP contribution in [0.4, 0.5) is 0 Å². The van der Waals surface area contributed by atoms with Crippen molar-refractivity contribution in [2.45, 2.75) is 38.5 Å². The number of oxazole rings is 1. The van der Waals surface area contributed by atoms with Crippen molar-refractivity contribution >= 4 is 5.91 Å². The van der Waals surface area contributed by atoms with Crippen LogP contribution in [0.1, 0.15) is 38.0 Å². The topological polar surface area (TPSA) is 84.6 Å². The fourth-order valence-electron chi connectivity index (χ4n) is 3.25. The van der Waals surface area contributed by atoms with Crippen LogP contribution in [0.5, 0.6) is 5.75 Å². The van der Waals surface area contributed by atoms with Crippen LogP contribution in [-0.2, 0) is 11.2 Å². The molecule has 0 atom stereocenters. The maximum absolute atomic E-state index is 11.0. The molecule has 0 radical (unpaired) electrons. The number of carbonyl (C=O) groups excluding carboxylic acids is 1. The lowest BCUT2D eigenvalue weighted by atomic mass is 10.1. The first-order valence-electron chi connectivity index (χ1n) is 9.84. The average molecular weight is 394 g/mol. The zero-order chi connectivity index (χ0) is 20.5. The standard InChI is InChI=1S/C23H26N2O4/c1-28-19-14-10-9-13-18(19)23-22(17-11-5-4-6-12-17)24-21(29-23)16-8-3-2-7-15-20(26)25-27/h4-6,9-14,27H,2-3,7-8,15-16H2,1H3,(H,25,26). The van der Waals surface area contributed by atoms with E-state index in [1.54, 1.807) is 12.6 Å². The van der Waals surface area contributed by atoms with Crippen LogP contribution in [0.3, 0.4) is 0 Å². The van der Waals surface area contributed by atoms with Crippen molar-refractivity contribution in [2.24, 2.45) is 0 Å². The first kappa shape index (κ1) is 20.6. The maximum Gasteiger partial charge on any atom is 0.243 e. The molecule has 0 saturated heterocycles. The van der Waals surface area contributed by atoms with Gasteiger partial charge >= 0.3 is 0 Å². The van der Waals surface area contributed by atoms with Crippen LogP contribution >= 0.6 is 0 Å². The van der Waals surface area contributed by atoms with E-state index in [1.807, 2.05) is 54.6 Å². The molecule has 1 aromatic heterocycles. The molecule has 152 valence electrons. The number of carbonyl (C=O) groups is 1. The number of unbranched alkanes of at least 4 members (excludes halogenated alkanes) is 3. The van der Waals surface area contributed by atoms with E-state index < -0.39 is 0 Å². The van der Waals surface area contributed by atoms with E-state index in [9.17, 15) is 4.79 Å². The van der Waals surface area contributed by atoms with Gasteiger partial charge in [-0.3, -0.25) is 10.0 Å². The molecule has 0 aliphatic heterocycles. The Bertz CT molecular complexity index is 922. The summed E-state index contributed by atoms with van der Waals surface area (Å²) < 4.78 is 11.7. The summed E-state index contributed by atoms with van der Waals surface area (Å²) in [7, 11) is 1.65.